The van der Waals surface area contributed by atoms with E-state index in [9.17, 15) is 4.79 Å². The number of hydrogen-bond acceptors (Lipinski definition) is 5. The molecule has 2 aliphatic carbocycles. The summed E-state index contributed by atoms with van der Waals surface area (Å²) in [5, 5.41) is 7.10. The summed E-state index contributed by atoms with van der Waals surface area (Å²) in [7, 11) is 0. The first-order chi connectivity index (χ1) is 10.1. The van der Waals surface area contributed by atoms with Gasteiger partial charge >= 0.3 is 0 Å². The lowest BCUT2D eigenvalue weighted by Crippen LogP contribution is -2.31. The van der Waals surface area contributed by atoms with Gasteiger partial charge in [0, 0.05) is 12.6 Å². The highest BCUT2D eigenvalue weighted by Gasteiger charge is 2.25. The summed E-state index contributed by atoms with van der Waals surface area (Å²) in [5.41, 5.74) is 5.87. The monoisotopic (exact) mass is 308 g/mol. The normalized spacial score (nSPS) is 25.6. The van der Waals surface area contributed by atoms with Crippen LogP contribution >= 0.6 is 11.3 Å². The Labute approximate surface area is 129 Å². The highest BCUT2D eigenvalue weighted by atomic mass is 32.1. The van der Waals surface area contributed by atoms with E-state index in [0.717, 1.165) is 17.6 Å². The second-order valence-electron chi connectivity index (χ2n) is 6.50. The molecule has 1 amide bonds. The van der Waals surface area contributed by atoms with E-state index in [1.807, 2.05) is 0 Å². The molecule has 2 aliphatic rings. The lowest BCUT2D eigenvalue weighted by Gasteiger charge is -2.26. The fourth-order valence-corrected chi connectivity index (χ4v) is 3.90. The Morgan fingerprint density at radius 3 is 2.90 bits per heavy atom. The molecule has 116 valence electrons. The smallest absolute Gasteiger partial charge is 0.265 e. The van der Waals surface area contributed by atoms with Crippen molar-refractivity contribution in [3.8, 4) is 0 Å². The Morgan fingerprint density at radius 1 is 1.38 bits per heavy atom. The summed E-state index contributed by atoms with van der Waals surface area (Å²) >= 11 is 1.36. The fraction of sp³-hybridized carbons (Fsp3) is 0.733. The van der Waals surface area contributed by atoms with Crippen molar-refractivity contribution in [1.29, 1.82) is 0 Å². The van der Waals surface area contributed by atoms with Gasteiger partial charge in [-0.3, -0.25) is 4.79 Å². The van der Waals surface area contributed by atoms with Gasteiger partial charge in [0.15, 0.2) is 5.13 Å². The van der Waals surface area contributed by atoms with Crippen molar-refractivity contribution in [2.24, 2.45) is 11.8 Å². The summed E-state index contributed by atoms with van der Waals surface area (Å²) in [6.07, 6.45) is 7.40. The van der Waals surface area contributed by atoms with Gasteiger partial charge in [-0.15, -0.1) is 0 Å². The molecule has 5 nitrogen and oxygen atoms in total. The molecule has 2 unspecified atom stereocenters. The maximum atomic E-state index is 12.3. The fourth-order valence-electron chi connectivity index (χ4n) is 3.02. The third kappa shape index (κ3) is 3.87. The molecule has 2 atom stereocenters. The molecule has 6 heteroatoms. The standard InChI is InChI=1S/C15H24N4OS/c1-9-3-2-4-10(7-9)8-17-14(20)12-13(16)19-15(21-12)18-11-5-6-11/h9-11H,2-8,16H2,1H3,(H,17,20)(H,18,19). The van der Waals surface area contributed by atoms with Crippen molar-refractivity contribution in [3.05, 3.63) is 4.88 Å². The van der Waals surface area contributed by atoms with Crippen molar-refractivity contribution in [2.75, 3.05) is 17.6 Å². The molecular formula is C15H24N4OS. The number of nitrogen functional groups attached to an aromatic ring is 1. The molecule has 0 saturated heterocycles. The number of nitrogens with two attached hydrogens (primary N) is 1. The molecule has 2 saturated carbocycles. The summed E-state index contributed by atoms with van der Waals surface area (Å²) in [6, 6.07) is 0.523. The van der Waals surface area contributed by atoms with Crippen LogP contribution in [0.5, 0.6) is 0 Å². The van der Waals surface area contributed by atoms with Gasteiger partial charge in [0.1, 0.15) is 10.7 Å². The molecular weight excluding hydrogens is 284 g/mol. The predicted molar refractivity (Wildman–Crippen MR) is 86.6 cm³/mol. The quantitative estimate of drug-likeness (QED) is 0.781. The van der Waals surface area contributed by atoms with Crippen LogP contribution in [0.2, 0.25) is 0 Å². The highest BCUT2D eigenvalue weighted by Crippen LogP contribution is 2.31. The molecule has 21 heavy (non-hydrogen) atoms. The van der Waals surface area contributed by atoms with E-state index < -0.39 is 0 Å². The van der Waals surface area contributed by atoms with Crippen molar-refractivity contribution in [2.45, 2.75) is 51.5 Å². The van der Waals surface area contributed by atoms with E-state index >= 15 is 0 Å². The summed E-state index contributed by atoms with van der Waals surface area (Å²) in [4.78, 5) is 17.0. The second-order valence-corrected chi connectivity index (χ2v) is 7.50. The summed E-state index contributed by atoms with van der Waals surface area (Å²) < 4.78 is 0. The Bertz CT molecular complexity index is 512. The Morgan fingerprint density at radius 2 is 2.19 bits per heavy atom. The Hall–Kier alpha value is -1.30. The number of nitrogens with zero attached hydrogens (tertiary/aromatic N) is 1. The molecule has 2 fully saturated rings. The minimum Gasteiger partial charge on any atom is -0.382 e. The van der Waals surface area contributed by atoms with Crippen LogP contribution in [0.4, 0.5) is 10.9 Å². The van der Waals surface area contributed by atoms with E-state index in [-0.39, 0.29) is 5.91 Å². The molecule has 0 radical (unpaired) electrons. The molecule has 0 aliphatic heterocycles. The van der Waals surface area contributed by atoms with Crippen LogP contribution in [0.15, 0.2) is 0 Å². The molecule has 1 aromatic heterocycles. The van der Waals surface area contributed by atoms with E-state index in [4.69, 9.17) is 5.73 Å². The minimum absolute atomic E-state index is 0.0768. The van der Waals surface area contributed by atoms with Gasteiger partial charge in [0.05, 0.1) is 0 Å². The first-order valence-electron chi connectivity index (χ1n) is 7.93. The topological polar surface area (TPSA) is 80.0 Å². The van der Waals surface area contributed by atoms with Gasteiger partial charge in [0.2, 0.25) is 0 Å². The second kappa shape index (κ2) is 6.22. The molecule has 1 heterocycles. The zero-order chi connectivity index (χ0) is 14.8. The predicted octanol–water partition coefficient (Wildman–Crippen LogP) is 2.86. The third-order valence-corrected chi connectivity index (χ3v) is 5.36. The summed E-state index contributed by atoms with van der Waals surface area (Å²) in [5.74, 6) is 1.66. The number of nitrogens with one attached hydrogen (secondary N) is 2. The third-order valence-electron chi connectivity index (χ3n) is 4.36. The highest BCUT2D eigenvalue weighted by molar-refractivity contribution is 7.18. The van der Waals surface area contributed by atoms with Crippen molar-refractivity contribution in [3.63, 3.8) is 0 Å². The number of thiazole rings is 1. The van der Waals surface area contributed by atoms with E-state index in [1.165, 1.54) is 49.9 Å². The summed E-state index contributed by atoms with van der Waals surface area (Å²) in [6.45, 7) is 3.05. The van der Waals surface area contributed by atoms with Gasteiger partial charge in [-0.1, -0.05) is 31.1 Å². The largest absolute Gasteiger partial charge is 0.382 e. The Kier molecular flexibility index (Phi) is 4.33. The van der Waals surface area contributed by atoms with Gasteiger partial charge in [-0.05, 0) is 37.5 Å². The van der Waals surface area contributed by atoms with Crippen molar-refractivity contribution >= 4 is 28.2 Å². The number of hydrogen-bond donors (Lipinski definition) is 3. The molecule has 1 aromatic rings. The van der Waals surface area contributed by atoms with Crippen molar-refractivity contribution in [1.82, 2.24) is 10.3 Å². The Balaban J connectivity index is 1.53. The zero-order valence-electron chi connectivity index (χ0n) is 12.5. The van der Waals surface area contributed by atoms with Crippen LogP contribution in [-0.4, -0.2) is 23.5 Å². The lowest BCUT2D eigenvalue weighted by molar-refractivity contribution is 0.0945. The molecule has 0 spiro atoms. The van der Waals surface area contributed by atoms with Crippen LogP contribution in [0.1, 0.15) is 55.1 Å². The van der Waals surface area contributed by atoms with Crippen LogP contribution < -0.4 is 16.4 Å². The number of amides is 1. The SMILES string of the molecule is CC1CCCC(CNC(=O)c2sc(NC3CC3)nc2N)C1. The maximum Gasteiger partial charge on any atom is 0.265 e. The van der Waals surface area contributed by atoms with Gasteiger partial charge < -0.3 is 16.4 Å². The van der Waals surface area contributed by atoms with Crippen molar-refractivity contribution < 1.29 is 4.79 Å². The first-order valence-corrected chi connectivity index (χ1v) is 8.74. The molecule has 4 N–H and O–H groups in total. The minimum atomic E-state index is -0.0768. The number of carbonyl (C=O) groups excluding carboxylic acids is 1. The van der Waals surface area contributed by atoms with Crippen LogP contribution in [0.3, 0.4) is 0 Å². The zero-order valence-corrected chi connectivity index (χ0v) is 13.3. The van der Waals surface area contributed by atoms with Gasteiger partial charge in [0.25, 0.3) is 5.91 Å². The first kappa shape index (κ1) is 14.6. The number of carbonyl (C=O) groups is 1. The van der Waals surface area contributed by atoms with E-state index in [2.05, 4.69) is 22.5 Å². The number of anilines is 2. The molecule has 0 aromatic carbocycles. The average molecular weight is 308 g/mol. The van der Waals surface area contributed by atoms with Gasteiger partial charge in [-0.2, -0.15) is 0 Å². The van der Waals surface area contributed by atoms with E-state index in [1.54, 1.807) is 0 Å². The van der Waals surface area contributed by atoms with Crippen LogP contribution in [-0.2, 0) is 0 Å². The lowest BCUT2D eigenvalue weighted by atomic mass is 9.82. The van der Waals surface area contributed by atoms with Gasteiger partial charge in [-0.25, -0.2) is 4.98 Å². The average Bonchev–Trinajstić information content (AvgIpc) is 3.18. The maximum absolute atomic E-state index is 12.3. The molecule has 3 rings (SSSR count). The van der Waals surface area contributed by atoms with E-state index in [0.29, 0.717) is 22.7 Å². The van der Waals surface area contributed by atoms with Crippen LogP contribution in [0.25, 0.3) is 0 Å². The van der Waals surface area contributed by atoms with Crippen LogP contribution in [0, 0.1) is 11.8 Å². The number of aromatic nitrogens is 1. The molecule has 0 bridgehead atoms. The number of rotatable bonds is 5.